The van der Waals surface area contributed by atoms with E-state index >= 15 is 0 Å². The zero-order valence-corrected chi connectivity index (χ0v) is 13.8. The minimum absolute atomic E-state index is 0.118. The molecule has 5 nitrogen and oxygen atoms in total. The second kappa shape index (κ2) is 6.43. The number of carbonyl (C=O) groups is 1. The van der Waals surface area contributed by atoms with Gasteiger partial charge in [0.2, 0.25) is 5.91 Å². The van der Waals surface area contributed by atoms with Crippen molar-refractivity contribution in [1.29, 1.82) is 0 Å². The molecule has 3 saturated heterocycles. The van der Waals surface area contributed by atoms with Crippen molar-refractivity contribution in [2.75, 3.05) is 26.3 Å². The Hall–Kier alpha value is -1.50. The Balaban J connectivity index is 1.41. The topological polar surface area (TPSA) is 53.6 Å². The Labute approximate surface area is 141 Å². The Bertz CT molecular complexity index is 618. The predicted molar refractivity (Wildman–Crippen MR) is 87.5 cm³/mol. The lowest BCUT2D eigenvalue weighted by Gasteiger charge is -2.40. The van der Waals surface area contributed by atoms with Gasteiger partial charge in [-0.05, 0) is 31.7 Å². The number of rotatable bonds is 2. The number of amides is 1. The van der Waals surface area contributed by atoms with Crippen molar-refractivity contribution in [3.05, 3.63) is 35.6 Å². The van der Waals surface area contributed by atoms with E-state index in [0.29, 0.717) is 12.0 Å². The van der Waals surface area contributed by atoms with E-state index in [-0.39, 0.29) is 29.2 Å². The number of hydrogen-bond donors (Lipinski definition) is 2. The summed E-state index contributed by atoms with van der Waals surface area (Å²) >= 11 is 0. The number of hydrazine groups is 1. The van der Waals surface area contributed by atoms with Gasteiger partial charge in [-0.25, -0.2) is 15.2 Å². The molecule has 3 aliphatic rings. The number of halogens is 1. The first-order chi connectivity index (χ1) is 11.7. The lowest BCUT2D eigenvalue weighted by atomic mass is 9.79. The van der Waals surface area contributed by atoms with Crippen LogP contribution in [0.4, 0.5) is 4.39 Å². The zero-order valence-electron chi connectivity index (χ0n) is 13.8. The molecule has 3 atom stereocenters. The maximum atomic E-state index is 13.9. The van der Waals surface area contributed by atoms with Crippen LogP contribution in [0.15, 0.2) is 24.3 Å². The lowest BCUT2D eigenvalue weighted by molar-refractivity contribution is -0.136. The fourth-order valence-electron chi connectivity index (χ4n) is 4.27. The van der Waals surface area contributed by atoms with E-state index < -0.39 is 0 Å². The second-order valence-electron chi connectivity index (χ2n) is 7.32. The van der Waals surface area contributed by atoms with Crippen molar-refractivity contribution < 1.29 is 13.9 Å². The highest BCUT2D eigenvalue weighted by molar-refractivity contribution is 5.82. The van der Waals surface area contributed by atoms with Crippen molar-refractivity contribution in [3.8, 4) is 0 Å². The molecule has 0 aliphatic carbocycles. The summed E-state index contributed by atoms with van der Waals surface area (Å²) < 4.78 is 19.5. The average Bonchev–Trinajstić information content (AvgIpc) is 3.25. The summed E-state index contributed by atoms with van der Waals surface area (Å²) in [6.45, 7) is 3.17. The molecule has 6 heteroatoms. The van der Waals surface area contributed by atoms with Gasteiger partial charge in [-0.2, -0.15) is 0 Å². The Morgan fingerprint density at radius 3 is 2.96 bits per heavy atom. The van der Waals surface area contributed by atoms with Crippen LogP contribution in [0.25, 0.3) is 0 Å². The number of ether oxygens (including phenoxy) is 1. The Morgan fingerprint density at radius 2 is 2.17 bits per heavy atom. The molecule has 0 bridgehead atoms. The summed E-state index contributed by atoms with van der Waals surface area (Å²) in [7, 11) is 0. The van der Waals surface area contributed by atoms with Gasteiger partial charge in [0.25, 0.3) is 0 Å². The molecule has 3 unspecified atom stereocenters. The standard InChI is InChI=1S/C18H24FN3O2/c19-14-5-2-1-4-13(14)15-10-16(21-20-15)17(23)22-8-3-6-18(11-22)7-9-24-12-18/h1-2,4-5,15-16,20-21H,3,6-12H2. The zero-order chi connectivity index (χ0) is 16.6. The normalized spacial score (nSPS) is 33.3. The SMILES string of the molecule is O=C(C1CC(c2ccccc2F)NN1)N1CCCC2(CCOC2)C1. The summed E-state index contributed by atoms with van der Waals surface area (Å²) in [5.74, 6) is -0.114. The summed E-state index contributed by atoms with van der Waals surface area (Å²) in [5.41, 5.74) is 6.92. The third kappa shape index (κ3) is 2.94. The molecule has 130 valence electrons. The van der Waals surface area contributed by atoms with Gasteiger partial charge < -0.3 is 9.64 Å². The first kappa shape index (κ1) is 16.0. The molecule has 2 N–H and O–H groups in total. The maximum absolute atomic E-state index is 13.9. The first-order valence-corrected chi connectivity index (χ1v) is 8.79. The van der Waals surface area contributed by atoms with Crippen molar-refractivity contribution in [2.45, 2.75) is 37.8 Å². The van der Waals surface area contributed by atoms with Gasteiger partial charge in [0.05, 0.1) is 12.6 Å². The molecule has 24 heavy (non-hydrogen) atoms. The molecule has 1 aromatic rings. The number of benzene rings is 1. The molecule has 1 spiro atoms. The van der Waals surface area contributed by atoms with E-state index in [9.17, 15) is 9.18 Å². The number of carbonyl (C=O) groups excluding carboxylic acids is 1. The molecular weight excluding hydrogens is 309 g/mol. The first-order valence-electron chi connectivity index (χ1n) is 8.79. The highest BCUT2D eigenvalue weighted by Crippen LogP contribution is 2.38. The number of piperidine rings is 1. The lowest BCUT2D eigenvalue weighted by Crippen LogP contribution is -2.52. The largest absolute Gasteiger partial charge is 0.381 e. The van der Waals surface area contributed by atoms with Crippen molar-refractivity contribution in [3.63, 3.8) is 0 Å². The van der Waals surface area contributed by atoms with Gasteiger partial charge in [-0.3, -0.25) is 4.79 Å². The molecule has 0 radical (unpaired) electrons. The maximum Gasteiger partial charge on any atom is 0.241 e. The van der Waals surface area contributed by atoms with E-state index in [1.54, 1.807) is 12.1 Å². The Kier molecular flexibility index (Phi) is 4.28. The third-order valence-corrected chi connectivity index (χ3v) is 5.64. The molecule has 1 amide bonds. The van der Waals surface area contributed by atoms with Crippen LogP contribution in [0.3, 0.4) is 0 Å². The molecule has 0 saturated carbocycles. The van der Waals surface area contributed by atoms with Crippen molar-refractivity contribution in [2.24, 2.45) is 5.41 Å². The van der Waals surface area contributed by atoms with E-state index in [4.69, 9.17) is 4.74 Å². The number of hydrogen-bond acceptors (Lipinski definition) is 4. The van der Waals surface area contributed by atoms with E-state index in [1.807, 2.05) is 11.0 Å². The van der Waals surface area contributed by atoms with Gasteiger partial charge in [-0.1, -0.05) is 18.2 Å². The molecule has 0 aromatic heterocycles. The number of nitrogens with one attached hydrogen (secondary N) is 2. The summed E-state index contributed by atoms with van der Waals surface area (Å²) in [5, 5.41) is 0. The predicted octanol–water partition coefficient (Wildman–Crippen LogP) is 1.76. The van der Waals surface area contributed by atoms with Gasteiger partial charge >= 0.3 is 0 Å². The summed E-state index contributed by atoms with van der Waals surface area (Å²) in [4.78, 5) is 14.9. The molecule has 3 heterocycles. The highest BCUT2D eigenvalue weighted by atomic mass is 19.1. The fraction of sp³-hybridized carbons (Fsp3) is 0.611. The molecule has 1 aromatic carbocycles. The summed E-state index contributed by atoms with van der Waals surface area (Å²) in [6.07, 6.45) is 3.79. The van der Waals surface area contributed by atoms with E-state index in [0.717, 1.165) is 45.6 Å². The second-order valence-corrected chi connectivity index (χ2v) is 7.32. The van der Waals surface area contributed by atoms with Crippen LogP contribution >= 0.6 is 0 Å². The number of nitrogens with zero attached hydrogens (tertiary/aromatic N) is 1. The van der Waals surface area contributed by atoms with Crippen LogP contribution in [0.2, 0.25) is 0 Å². The van der Waals surface area contributed by atoms with Crippen LogP contribution in [-0.4, -0.2) is 43.2 Å². The van der Waals surface area contributed by atoms with Crippen molar-refractivity contribution >= 4 is 5.91 Å². The van der Waals surface area contributed by atoms with Crippen LogP contribution < -0.4 is 10.9 Å². The monoisotopic (exact) mass is 333 g/mol. The summed E-state index contributed by atoms with van der Waals surface area (Å²) in [6, 6.07) is 6.26. The minimum atomic E-state index is -0.299. The van der Waals surface area contributed by atoms with Gasteiger partial charge in [-0.15, -0.1) is 0 Å². The van der Waals surface area contributed by atoms with Gasteiger partial charge in [0, 0.05) is 30.7 Å². The molecule has 3 aliphatic heterocycles. The highest BCUT2D eigenvalue weighted by Gasteiger charge is 2.42. The van der Waals surface area contributed by atoms with Gasteiger partial charge in [0.1, 0.15) is 11.9 Å². The van der Waals surface area contributed by atoms with Crippen LogP contribution in [0.5, 0.6) is 0 Å². The molecule has 4 rings (SSSR count). The van der Waals surface area contributed by atoms with Crippen LogP contribution in [0, 0.1) is 11.2 Å². The smallest absolute Gasteiger partial charge is 0.241 e. The molecule has 3 fully saturated rings. The average molecular weight is 333 g/mol. The molecular formula is C18H24FN3O2. The third-order valence-electron chi connectivity index (χ3n) is 5.64. The van der Waals surface area contributed by atoms with Gasteiger partial charge in [0.15, 0.2) is 0 Å². The quantitative estimate of drug-likeness (QED) is 0.866. The number of likely N-dealkylation sites (tertiary alicyclic amines) is 1. The minimum Gasteiger partial charge on any atom is -0.381 e. The van der Waals surface area contributed by atoms with E-state index in [2.05, 4.69) is 10.9 Å². The van der Waals surface area contributed by atoms with Crippen LogP contribution in [0.1, 0.15) is 37.3 Å². The van der Waals surface area contributed by atoms with Crippen molar-refractivity contribution in [1.82, 2.24) is 15.8 Å². The fourth-order valence-corrected chi connectivity index (χ4v) is 4.27. The Morgan fingerprint density at radius 1 is 1.29 bits per heavy atom. The van der Waals surface area contributed by atoms with Crippen LogP contribution in [-0.2, 0) is 9.53 Å². The van der Waals surface area contributed by atoms with E-state index in [1.165, 1.54) is 6.07 Å².